The van der Waals surface area contributed by atoms with E-state index in [0.29, 0.717) is 35.8 Å². The number of amides is 4. The van der Waals surface area contributed by atoms with Gasteiger partial charge < -0.3 is 25.8 Å². The largest absolute Gasteiger partial charge is 0.339 e. The Balaban J connectivity index is 1.33. The quantitative estimate of drug-likeness (QED) is 0.283. The van der Waals surface area contributed by atoms with E-state index in [1.165, 1.54) is 23.5 Å². The lowest BCUT2D eigenvalue weighted by atomic mass is 9.83. The lowest BCUT2D eigenvalue weighted by Gasteiger charge is -2.36. The summed E-state index contributed by atoms with van der Waals surface area (Å²) >= 11 is 1.28. The average Bonchev–Trinajstić information content (AvgIpc) is 3.80. The fraction of sp³-hybridized carbons (Fsp3) is 0.500. The standard InChI is InChI=1S/C34H44FN7O4S/c1-4-42-27(14-15-36-42)31(43)39-30(23-9-6-5-7-10-23)33(45)37-26-13-12-24(21-25(26)35)22(2)29(38-32(44)28-11-8-20-47-28)34(46)41-18-16-40(3)17-19-41/h8,11-15,20-23,29-30H,4-7,9-10,16-19H2,1-3H3,(H,37,45)(H,38,44)(H,39,43)/t22-,29+,30-/m0/s1. The molecule has 5 rings (SSSR count). The van der Waals surface area contributed by atoms with Crippen molar-refractivity contribution >= 4 is 40.7 Å². The van der Waals surface area contributed by atoms with Crippen LogP contribution >= 0.6 is 11.3 Å². The van der Waals surface area contributed by atoms with Gasteiger partial charge >= 0.3 is 0 Å². The van der Waals surface area contributed by atoms with Gasteiger partial charge in [0.15, 0.2) is 0 Å². The first-order chi connectivity index (χ1) is 22.7. The maximum atomic E-state index is 15.7. The molecule has 1 saturated carbocycles. The van der Waals surface area contributed by atoms with E-state index in [-0.39, 0.29) is 23.4 Å². The highest BCUT2D eigenvalue weighted by molar-refractivity contribution is 7.12. The number of piperazine rings is 1. The number of likely N-dealkylation sites (N-methyl/N-ethyl adjacent to an activating group) is 1. The maximum Gasteiger partial charge on any atom is 0.270 e. The number of aryl methyl sites for hydroxylation is 1. The number of hydrogen-bond donors (Lipinski definition) is 3. The summed E-state index contributed by atoms with van der Waals surface area (Å²) in [5, 5.41) is 14.5. The Morgan fingerprint density at radius 1 is 1.00 bits per heavy atom. The fourth-order valence-corrected chi connectivity index (χ4v) is 7.05. The van der Waals surface area contributed by atoms with E-state index in [2.05, 4.69) is 25.9 Å². The molecule has 1 aliphatic heterocycles. The lowest BCUT2D eigenvalue weighted by molar-refractivity contribution is -0.135. The van der Waals surface area contributed by atoms with E-state index in [0.717, 1.165) is 45.2 Å². The number of nitrogens with zero attached hydrogens (tertiary/aromatic N) is 4. The monoisotopic (exact) mass is 665 g/mol. The zero-order valence-corrected chi connectivity index (χ0v) is 28.0. The van der Waals surface area contributed by atoms with Gasteiger partial charge in [-0.3, -0.25) is 23.9 Å². The summed E-state index contributed by atoms with van der Waals surface area (Å²) in [7, 11) is 2.00. The van der Waals surface area contributed by atoms with E-state index < -0.39 is 35.6 Å². The van der Waals surface area contributed by atoms with E-state index in [1.54, 1.807) is 52.3 Å². The molecule has 3 atom stereocenters. The van der Waals surface area contributed by atoms with Gasteiger partial charge in [0.1, 0.15) is 23.6 Å². The Bertz CT molecular complexity index is 1550. The van der Waals surface area contributed by atoms with Crippen LogP contribution in [-0.4, -0.2) is 88.5 Å². The zero-order valence-electron chi connectivity index (χ0n) is 27.2. The van der Waals surface area contributed by atoms with Gasteiger partial charge in [0.2, 0.25) is 11.8 Å². The van der Waals surface area contributed by atoms with Crippen LogP contribution < -0.4 is 16.0 Å². The summed E-state index contributed by atoms with van der Waals surface area (Å²) < 4.78 is 17.3. The molecule has 2 aromatic heterocycles. The summed E-state index contributed by atoms with van der Waals surface area (Å²) in [6.45, 7) is 6.68. The molecular weight excluding hydrogens is 621 g/mol. The number of anilines is 1. The van der Waals surface area contributed by atoms with E-state index in [4.69, 9.17) is 0 Å². The predicted octanol–water partition coefficient (Wildman–Crippen LogP) is 4.10. The van der Waals surface area contributed by atoms with E-state index in [1.807, 2.05) is 14.0 Å². The molecule has 3 N–H and O–H groups in total. The van der Waals surface area contributed by atoms with Gasteiger partial charge in [0, 0.05) is 44.8 Å². The molecule has 252 valence electrons. The molecule has 1 aliphatic carbocycles. The van der Waals surface area contributed by atoms with Gasteiger partial charge in [0.05, 0.1) is 10.6 Å². The third-order valence-corrected chi connectivity index (χ3v) is 10.2. The highest BCUT2D eigenvalue weighted by Gasteiger charge is 2.35. The van der Waals surface area contributed by atoms with Gasteiger partial charge in [0.25, 0.3) is 11.8 Å². The Hall–Kier alpha value is -4.10. The Morgan fingerprint density at radius 3 is 2.40 bits per heavy atom. The Kier molecular flexibility index (Phi) is 11.4. The minimum Gasteiger partial charge on any atom is -0.339 e. The van der Waals surface area contributed by atoms with Crippen molar-refractivity contribution in [1.29, 1.82) is 0 Å². The number of halogens is 1. The SMILES string of the molecule is CCn1nccc1C(=O)N[C@H](C(=O)Nc1ccc([C@H](C)[C@@H](NC(=O)c2cccs2)C(=O)N2CCN(C)CC2)cc1F)C1CCCCC1. The lowest BCUT2D eigenvalue weighted by Crippen LogP contribution is -2.55. The molecular formula is C34H44FN7O4S. The van der Waals surface area contributed by atoms with Crippen LogP contribution in [0.25, 0.3) is 0 Å². The minimum atomic E-state index is -0.921. The van der Waals surface area contributed by atoms with Gasteiger partial charge in [-0.2, -0.15) is 5.10 Å². The summed E-state index contributed by atoms with van der Waals surface area (Å²) in [4.78, 5) is 58.1. The van der Waals surface area contributed by atoms with E-state index in [9.17, 15) is 19.2 Å². The first-order valence-electron chi connectivity index (χ1n) is 16.4. The Labute approximate surface area is 278 Å². The molecule has 3 heterocycles. The smallest absolute Gasteiger partial charge is 0.270 e. The van der Waals surface area contributed by atoms with Crippen molar-refractivity contribution in [3.63, 3.8) is 0 Å². The van der Waals surface area contributed by atoms with Crippen molar-refractivity contribution in [2.75, 3.05) is 38.5 Å². The van der Waals surface area contributed by atoms with Crippen molar-refractivity contribution in [2.24, 2.45) is 5.92 Å². The minimum absolute atomic E-state index is 0.0239. The summed E-state index contributed by atoms with van der Waals surface area (Å²) in [5.41, 5.74) is 0.839. The average molecular weight is 666 g/mol. The molecule has 2 aliphatic rings. The third-order valence-electron chi connectivity index (χ3n) is 9.33. The van der Waals surface area contributed by atoms with Gasteiger partial charge in [-0.05, 0) is 67.9 Å². The third kappa shape index (κ3) is 8.25. The molecule has 47 heavy (non-hydrogen) atoms. The molecule has 0 spiro atoms. The van der Waals surface area contributed by atoms with Gasteiger partial charge in [-0.1, -0.05) is 38.3 Å². The van der Waals surface area contributed by atoms with Crippen LogP contribution in [0, 0.1) is 11.7 Å². The molecule has 0 radical (unpaired) electrons. The number of nitrogens with one attached hydrogen (secondary N) is 3. The topological polar surface area (TPSA) is 129 Å². The van der Waals surface area contributed by atoms with E-state index >= 15 is 4.39 Å². The van der Waals surface area contributed by atoms with Gasteiger partial charge in [-0.25, -0.2) is 4.39 Å². The number of rotatable bonds is 11. The van der Waals surface area contributed by atoms with Crippen LogP contribution in [0.2, 0.25) is 0 Å². The van der Waals surface area contributed by atoms with Crippen molar-refractivity contribution in [3.05, 3.63) is 69.9 Å². The van der Waals surface area contributed by atoms with Crippen molar-refractivity contribution in [3.8, 4) is 0 Å². The fourth-order valence-electron chi connectivity index (χ4n) is 6.42. The second-order valence-electron chi connectivity index (χ2n) is 12.5. The van der Waals surface area contributed by atoms with Crippen molar-refractivity contribution in [2.45, 2.75) is 70.5 Å². The predicted molar refractivity (Wildman–Crippen MR) is 179 cm³/mol. The number of carbonyl (C=O) groups is 4. The molecule has 1 saturated heterocycles. The van der Waals surface area contributed by atoms with Crippen molar-refractivity contribution in [1.82, 2.24) is 30.2 Å². The highest BCUT2D eigenvalue weighted by atomic mass is 32.1. The second kappa shape index (κ2) is 15.7. The van der Waals surface area contributed by atoms with Gasteiger partial charge in [-0.15, -0.1) is 11.3 Å². The molecule has 11 nitrogen and oxygen atoms in total. The second-order valence-corrected chi connectivity index (χ2v) is 13.4. The summed E-state index contributed by atoms with van der Waals surface area (Å²) in [6, 6.07) is 7.75. The molecule has 2 fully saturated rings. The highest BCUT2D eigenvalue weighted by Crippen LogP contribution is 2.29. The number of benzene rings is 1. The first-order valence-corrected chi connectivity index (χ1v) is 17.3. The van der Waals surface area contributed by atoms with Crippen LogP contribution in [0.4, 0.5) is 10.1 Å². The summed E-state index contributed by atoms with van der Waals surface area (Å²) in [5.74, 6) is -2.79. The molecule has 13 heteroatoms. The first kappa shape index (κ1) is 34.2. The molecule has 0 bridgehead atoms. The number of carbonyl (C=O) groups excluding carboxylic acids is 4. The summed E-state index contributed by atoms with van der Waals surface area (Å²) in [6.07, 6.45) is 6.09. The normalized spacial score (nSPS) is 17.8. The number of hydrogen-bond acceptors (Lipinski definition) is 7. The Morgan fingerprint density at radius 2 is 1.74 bits per heavy atom. The molecule has 0 unspecified atom stereocenters. The molecule has 3 aromatic rings. The van der Waals surface area contributed by atoms with Crippen LogP contribution in [0.5, 0.6) is 0 Å². The zero-order chi connectivity index (χ0) is 33.5. The van der Waals surface area contributed by atoms with Crippen molar-refractivity contribution < 1.29 is 23.6 Å². The molecule has 4 amide bonds. The van der Waals surface area contributed by atoms with Crippen LogP contribution in [0.3, 0.4) is 0 Å². The van der Waals surface area contributed by atoms with Crippen LogP contribution in [0.1, 0.15) is 77.6 Å². The maximum absolute atomic E-state index is 15.7. The van der Waals surface area contributed by atoms with Crippen LogP contribution in [0.15, 0.2) is 48.0 Å². The number of thiophene rings is 1. The number of aromatic nitrogens is 2. The molecule has 1 aromatic carbocycles. The van der Waals surface area contributed by atoms with Crippen LogP contribution in [-0.2, 0) is 16.1 Å².